The zero-order valence-electron chi connectivity index (χ0n) is 27.6. The van der Waals surface area contributed by atoms with E-state index in [-0.39, 0.29) is 42.9 Å². The third-order valence-corrected chi connectivity index (χ3v) is 14.2. The summed E-state index contributed by atoms with van der Waals surface area (Å²) < 4.78 is 35.0. The number of benzene rings is 2. The molecule has 260 valence electrons. The number of Topliss-reactive ketones (excluding diaryl/α,β-unsaturated/α-hetero) is 1. The first-order valence-electron chi connectivity index (χ1n) is 17.3. The predicted octanol–water partition coefficient (Wildman–Crippen LogP) is 6.64. The lowest BCUT2D eigenvalue weighted by Gasteiger charge is -2.29. The van der Waals surface area contributed by atoms with Crippen molar-refractivity contribution in [2.45, 2.75) is 94.4 Å². The molecule has 0 unspecified atom stereocenters. The smallest absolute Gasteiger partial charge is 0.274 e. The molecule has 5 atom stereocenters. The van der Waals surface area contributed by atoms with E-state index in [0.717, 1.165) is 41.5 Å². The maximum atomic E-state index is 14.6. The van der Waals surface area contributed by atoms with Crippen molar-refractivity contribution in [3.05, 3.63) is 71.3 Å². The van der Waals surface area contributed by atoms with Gasteiger partial charge in [-0.2, -0.15) is 0 Å². The second kappa shape index (κ2) is 13.5. The molecule has 0 bridgehead atoms. The van der Waals surface area contributed by atoms with E-state index < -0.39 is 38.2 Å². The van der Waals surface area contributed by atoms with E-state index in [4.69, 9.17) is 16.3 Å². The molecular formula is C37H42ClN3O6S2. The number of carbonyl (C=O) groups is 3. The number of carbonyl (C=O) groups excluding carboxylic acids is 3. The Morgan fingerprint density at radius 2 is 1.94 bits per heavy atom. The number of thiazole rings is 1. The number of nitrogens with zero attached hydrogens (tertiary/aromatic N) is 2. The molecule has 2 aliphatic carbocycles. The number of fused-ring (bicyclic) bond motifs is 3. The van der Waals surface area contributed by atoms with Crippen LogP contribution in [-0.2, 0) is 30.8 Å². The van der Waals surface area contributed by atoms with Crippen LogP contribution in [0, 0.1) is 17.3 Å². The van der Waals surface area contributed by atoms with Crippen molar-refractivity contribution < 1.29 is 27.5 Å². The third kappa shape index (κ3) is 7.17. The van der Waals surface area contributed by atoms with Gasteiger partial charge in [-0.25, -0.2) is 13.4 Å². The van der Waals surface area contributed by atoms with Crippen LogP contribution in [0.15, 0.2) is 60.7 Å². The van der Waals surface area contributed by atoms with Gasteiger partial charge in [0.1, 0.15) is 6.10 Å². The summed E-state index contributed by atoms with van der Waals surface area (Å²) in [5.41, 5.74) is 0.602. The number of sulfonamides is 1. The van der Waals surface area contributed by atoms with Crippen molar-refractivity contribution in [1.82, 2.24) is 14.6 Å². The van der Waals surface area contributed by atoms with E-state index in [9.17, 15) is 22.8 Å². The van der Waals surface area contributed by atoms with Gasteiger partial charge in [0.15, 0.2) is 5.78 Å². The molecule has 0 spiro atoms. The van der Waals surface area contributed by atoms with Gasteiger partial charge in [0.2, 0.25) is 21.8 Å². The van der Waals surface area contributed by atoms with E-state index in [1.807, 2.05) is 54.6 Å². The monoisotopic (exact) mass is 723 g/mol. The molecule has 1 saturated heterocycles. The van der Waals surface area contributed by atoms with E-state index >= 15 is 0 Å². The number of amides is 2. The Balaban J connectivity index is 1.18. The standard InChI is InChI=1S/C37H42ClN3O6S2/c1-36(16-17-36)49(45,46)40-34(44)37-21-26(37)12-6-4-2-3-5-11-25(18-24-10-9-13-27(38)19-24)33(43)41-23-28(20-30(41)31(42)22-37)47-35-39-29-14-7-8-15-32(29)48-35/h6-10,12-15,19,25-26,28,30H,2-5,11,16-18,20-23H2,1H3,(H,40,44)/b12-6-/t25-,26-,28-,30+,37-/m1/s1. The molecule has 0 radical (unpaired) electrons. The average Bonchev–Trinajstić information content (AvgIpc) is 3.87. The first-order valence-corrected chi connectivity index (χ1v) is 20.0. The Morgan fingerprint density at radius 1 is 1.12 bits per heavy atom. The summed E-state index contributed by atoms with van der Waals surface area (Å²) in [6.45, 7) is 1.85. The zero-order valence-corrected chi connectivity index (χ0v) is 30.0. The second-order valence-corrected chi connectivity index (χ2v) is 18.1. The number of ketones is 1. The summed E-state index contributed by atoms with van der Waals surface area (Å²) in [5.74, 6) is -1.60. The highest BCUT2D eigenvalue weighted by Crippen LogP contribution is 2.57. The summed E-state index contributed by atoms with van der Waals surface area (Å²) in [6.07, 6.45) is 9.74. The van der Waals surface area contributed by atoms with Crippen molar-refractivity contribution in [3.8, 4) is 5.19 Å². The third-order valence-electron chi connectivity index (χ3n) is 10.9. The van der Waals surface area contributed by atoms with Crippen molar-refractivity contribution >= 4 is 60.8 Å². The largest absolute Gasteiger partial charge is 0.465 e. The normalized spacial score (nSPS) is 29.3. The number of hydrogen-bond acceptors (Lipinski definition) is 8. The maximum absolute atomic E-state index is 14.6. The molecule has 2 aliphatic heterocycles. The number of allylic oxidation sites excluding steroid dienone is 2. The molecule has 7 rings (SSSR count). The Hall–Kier alpha value is -3.28. The van der Waals surface area contributed by atoms with Gasteiger partial charge in [-0.1, -0.05) is 72.2 Å². The average molecular weight is 724 g/mol. The van der Waals surface area contributed by atoms with Gasteiger partial charge in [-0.15, -0.1) is 0 Å². The number of ether oxygens (including phenoxy) is 1. The molecule has 2 amide bonds. The van der Waals surface area contributed by atoms with E-state index in [2.05, 4.69) is 15.8 Å². The van der Waals surface area contributed by atoms with Crippen molar-refractivity contribution in [3.63, 3.8) is 0 Å². The minimum atomic E-state index is -3.89. The second-order valence-electron chi connectivity index (χ2n) is 14.5. The fraction of sp³-hybridized carbons (Fsp3) is 0.514. The van der Waals surface area contributed by atoms with Crippen molar-refractivity contribution in [2.75, 3.05) is 6.54 Å². The first-order chi connectivity index (χ1) is 23.5. The fourth-order valence-corrected chi connectivity index (χ4v) is 9.84. The lowest BCUT2D eigenvalue weighted by Crippen LogP contribution is -2.47. The molecule has 4 aliphatic rings. The van der Waals surface area contributed by atoms with Gasteiger partial charge in [-0.3, -0.25) is 19.1 Å². The summed E-state index contributed by atoms with van der Waals surface area (Å²) in [5, 5.41) is 1.08. The molecule has 2 aromatic carbocycles. The summed E-state index contributed by atoms with van der Waals surface area (Å²) in [4.78, 5) is 49.1. The first kappa shape index (κ1) is 34.2. The molecule has 3 heterocycles. The predicted molar refractivity (Wildman–Crippen MR) is 190 cm³/mol. The molecule has 3 aromatic rings. The van der Waals surface area contributed by atoms with Crippen molar-refractivity contribution in [1.29, 1.82) is 0 Å². The quantitative estimate of drug-likeness (QED) is 0.271. The minimum Gasteiger partial charge on any atom is -0.465 e. The van der Waals surface area contributed by atoms with Crippen LogP contribution >= 0.6 is 22.9 Å². The molecule has 9 nitrogen and oxygen atoms in total. The Morgan fingerprint density at radius 3 is 2.71 bits per heavy atom. The van der Waals surface area contributed by atoms with Crippen LogP contribution in [0.4, 0.5) is 0 Å². The lowest BCUT2D eigenvalue weighted by atomic mass is 9.90. The SMILES string of the molecule is CC1(S(=O)(=O)NC(=O)[C@]23CC(=O)[C@@H]4C[C@@H](Oc5nc6ccccc6s5)CN4C(=O)[C@@H](Cc4cccc(Cl)c4)CCCCC/C=C\[C@@H]2C3)CC1. The molecular weight excluding hydrogens is 682 g/mol. The van der Waals surface area contributed by atoms with Crippen LogP contribution in [-0.4, -0.2) is 59.3 Å². The van der Waals surface area contributed by atoms with Gasteiger partial charge in [0.25, 0.3) is 5.19 Å². The number of nitrogens with one attached hydrogen (secondary N) is 1. The molecule has 1 N–H and O–H groups in total. The van der Waals surface area contributed by atoms with E-state index in [1.54, 1.807) is 11.8 Å². The summed E-state index contributed by atoms with van der Waals surface area (Å²) in [6, 6.07) is 14.5. The Kier molecular flexibility index (Phi) is 9.38. The molecule has 3 fully saturated rings. The van der Waals surface area contributed by atoms with Crippen LogP contribution in [0.3, 0.4) is 0 Å². The van der Waals surface area contributed by atoms with E-state index in [1.165, 1.54) is 11.3 Å². The zero-order chi connectivity index (χ0) is 34.4. The highest BCUT2D eigenvalue weighted by atomic mass is 35.5. The topological polar surface area (TPSA) is 123 Å². The van der Waals surface area contributed by atoms with Crippen LogP contribution in [0.25, 0.3) is 10.2 Å². The Bertz CT molecular complexity index is 1870. The lowest BCUT2D eigenvalue weighted by molar-refractivity contribution is -0.142. The van der Waals surface area contributed by atoms with Crippen LogP contribution in [0.5, 0.6) is 5.19 Å². The highest BCUT2D eigenvalue weighted by Gasteiger charge is 2.62. The van der Waals surface area contributed by atoms with Crippen molar-refractivity contribution in [2.24, 2.45) is 17.3 Å². The van der Waals surface area contributed by atoms with Gasteiger partial charge in [0, 0.05) is 23.8 Å². The highest BCUT2D eigenvalue weighted by molar-refractivity contribution is 7.91. The van der Waals surface area contributed by atoms with Crippen LogP contribution in [0.1, 0.15) is 76.7 Å². The van der Waals surface area contributed by atoms with Gasteiger partial charge < -0.3 is 9.64 Å². The van der Waals surface area contributed by atoms with Gasteiger partial charge in [-0.05, 0) is 87.6 Å². The Labute approximate surface area is 296 Å². The van der Waals surface area contributed by atoms with Crippen LogP contribution in [0.2, 0.25) is 5.02 Å². The number of halogens is 1. The maximum Gasteiger partial charge on any atom is 0.274 e. The molecule has 1 aromatic heterocycles. The summed E-state index contributed by atoms with van der Waals surface area (Å²) >= 11 is 7.73. The minimum absolute atomic E-state index is 0.114. The molecule has 2 saturated carbocycles. The number of para-hydroxylation sites is 1. The fourth-order valence-electron chi connectivity index (χ4n) is 7.41. The summed E-state index contributed by atoms with van der Waals surface area (Å²) in [7, 11) is -3.89. The number of aromatic nitrogens is 1. The number of hydrogen-bond donors (Lipinski definition) is 1. The van der Waals surface area contributed by atoms with Gasteiger partial charge in [0.05, 0.1) is 33.0 Å². The van der Waals surface area contributed by atoms with E-state index in [0.29, 0.717) is 42.3 Å². The van der Waals surface area contributed by atoms with Gasteiger partial charge >= 0.3 is 0 Å². The molecule has 49 heavy (non-hydrogen) atoms. The molecule has 12 heteroatoms. The number of rotatable bonds is 7. The van der Waals surface area contributed by atoms with Crippen LogP contribution < -0.4 is 9.46 Å².